The van der Waals surface area contributed by atoms with E-state index in [2.05, 4.69) is 18.0 Å². The molecule has 72 valence electrons. The molecule has 0 aromatic carbocycles. The van der Waals surface area contributed by atoms with Crippen molar-refractivity contribution < 1.29 is 4.74 Å². The molecule has 0 saturated heterocycles. The Morgan fingerprint density at radius 2 is 2.23 bits per heavy atom. The smallest absolute Gasteiger partial charge is 0.0549 e. The molecule has 1 unspecified atom stereocenters. The summed E-state index contributed by atoms with van der Waals surface area (Å²) in [4.78, 5) is 4.32. The van der Waals surface area contributed by atoms with Gasteiger partial charge in [0.05, 0.1) is 6.61 Å². The molecule has 1 aromatic heterocycles. The summed E-state index contributed by atoms with van der Waals surface area (Å²) < 4.78 is 5.40. The number of aromatic nitrogens is 1. The molecule has 1 rings (SSSR count). The molecule has 13 heavy (non-hydrogen) atoms. The molecule has 0 amide bonds. The summed E-state index contributed by atoms with van der Waals surface area (Å²) >= 11 is 0. The number of rotatable bonds is 5. The molecule has 2 nitrogen and oxygen atoms in total. The molecule has 0 fully saturated rings. The van der Waals surface area contributed by atoms with Gasteiger partial charge in [0.15, 0.2) is 0 Å². The molecule has 1 heterocycles. The van der Waals surface area contributed by atoms with Crippen LogP contribution in [0.1, 0.15) is 31.9 Å². The Morgan fingerprint density at radius 3 is 2.77 bits per heavy atom. The number of ether oxygens (including phenoxy) is 1. The Balaban J connectivity index is 2.56. The van der Waals surface area contributed by atoms with Crippen molar-refractivity contribution >= 4 is 0 Å². The Hall–Kier alpha value is -0.890. The average molecular weight is 179 g/mol. The number of nitrogens with zero attached hydrogens (tertiary/aromatic N) is 1. The van der Waals surface area contributed by atoms with Gasteiger partial charge in [0.1, 0.15) is 0 Å². The molecule has 0 aliphatic carbocycles. The highest BCUT2D eigenvalue weighted by atomic mass is 16.5. The van der Waals surface area contributed by atoms with E-state index in [-0.39, 0.29) is 0 Å². The molecule has 0 aliphatic heterocycles. The summed E-state index contributed by atoms with van der Waals surface area (Å²) in [5.41, 5.74) is 1.14. The molecule has 0 radical (unpaired) electrons. The van der Waals surface area contributed by atoms with Crippen molar-refractivity contribution in [1.82, 2.24) is 4.98 Å². The largest absolute Gasteiger partial charge is 0.381 e. The average Bonchev–Trinajstić information content (AvgIpc) is 2.21. The van der Waals surface area contributed by atoms with Gasteiger partial charge in [0, 0.05) is 24.4 Å². The minimum Gasteiger partial charge on any atom is -0.381 e. The molecular weight excluding hydrogens is 162 g/mol. The van der Waals surface area contributed by atoms with E-state index in [1.165, 1.54) is 0 Å². The maximum atomic E-state index is 5.40. The lowest BCUT2D eigenvalue weighted by Crippen LogP contribution is -2.08. The van der Waals surface area contributed by atoms with Gasteiger partial charge < -0.3 is 4.74 Å². The second kappa shape index (κ2) is 5.70. The van der Waals surface area contributed by atoms with Gasteiger partial charge in [-0.2, -0.15) is 0 Å². The summed E-state index contributed by atoms with van der Waals surface area (Å²) in [5, 5.41) is 0. The van der Waals surface area contributed by atoms with E-state index in [0.29, 0.717) is 5.92 Å². The van der Waals surface area contributed by atoms with Gasteiger partial charge in [-0.1, -0.05) is 13.0 Å². The molecule has 0 bridgehead atoms. The maximum absolute atomic E-state index is 5.40. The van der Waals surface area contributed by atoms with E-state index in [4.69, 9.17) is 4.74 Å². The van der Waals surface area contributed by atoms with Crippen LogP contribution in [0.2, 0.25) is 0 Å². The van der Waals surface area contributed by atoms with Crippen LogP contribution < -0.4 is 0 Å². The van der Waals surface area contributed by atoms with Crippen molar-refractivity contribution in [3.63, 3.8) is 0 Å². The SMILES string of the molecule is CCOCC(CC)c1ccccn1. The zero-order valence-corrected chi connectivity index (χ0v) is 8.36. The standard InChI is InChI=1S/C11H17NO/c1-3-10(9-13-4-2)11-7-5-6-8-12-11/h5-8,10H,3-4,9H2,1-2H3. The Morgan fingerprint density at radius 1 is 1.38 bits per heavy atom. The summed E-state index contributed by atoms with van der Waals surface area (Å²) in [6, 6.07) is 6.03. The summed E-state index contributed by atoms with van der Waals surface area (Å²) in [6.45, 7) is 5.75. The van der Waals surface area contributed by atoms with Gasteiger partial charge in [-0.25, -0.2) is 0 Å². The third-order valence-electron chi connectivity index (χ3n) is 2.12. The predicted octanol–water partition coefficient (Wildman–Crippen LogP) is 2.61. The third kappa shape index (κ3) is 3.15. The van der Waals surface area contributed by atoms with Crippen molar-refractivity contribution in [3.05, 3.63) is 30.1 Å². The summed E-state index contributed by atoms with van der Waals surface area (Å²) in [5.74, 6) is 0.446. The fourth-order valence-electron chi connectivity index (χ4n) is 1.29. The highest BCUT2D eigenvalue weighted by Crippen LogP contribution is 2.16. The first-order valence-corrected chi connectivity index (χ1v) is 4.87. The second-order valence-electron chi connectivity index (χ2n) is 3.02. The summed E-state index contributed by atoms with van der Waals surface area (Å²) in [6.07, 6.45) is 2.92. The fraction of sp³-hybridized carbons (Fsp3) is 0.545. The lowest BCUT2D eigenvalue weighted by atomic mass is 10.0. The highest BCUT2D eigenvalue weighted by molar-refractivity contribution is 5.09. The third-order valence-corrected chi connectivity index (χ3v) is 2.12. The van der Waals surface area contributed by atoms with Crippen molar-refractivity contribution in [2.75, 3.05) is 13.2 Å². The van der Waals surface area contributed by atoms with Crippen LogP contribution in [0.3, 0.4) is 0 Å². The Kier molecular flexibility index (Phi) is 4.47. The van der Waals surface area contributed by atoms with Crippen LogP contribution in [0, 0.1) is 0 Å². The molecule has 1 aromatic rings. The van der Waals surface area contributed by atoms with E-state index in [0.717, 1.165) is 25.3 Å². The van der Waals surface area contributed by atoms with E-state index in [1.54, 1.807) is 0 Å². The van der Waals surface area contributed by atoms with Crippen LogP contribution in [0.15, 0.2) is 24.4 Å². The lowest BCUT2D eigenvalue weighted by molar-refractivity contribution is 0.130. The van der Waals surface area contributed by atoms with E-state index < -0.39 is 0 Å². The first-order valence-electron chi connectivity index (χ1n) is 4.87. The zero-order chi connectivity index (χ0) is 9.52. The maximum Gasteiger partial charge on any atom is 0.0549 e. The summed E-state index contributed by atoms with van der Waals surface area (Å²) in [7, 11) is 0. The molecule has 0 aliphatic rings. The van der Waals surface area contributed by atoms with Gasteiger partial charge in [0.25, 0.3) is 0 Å². The fourth-order valence-corrected chi connectivity index (χ4v) is 1.29. The van der Waals surface area contributed by atoms with Gasteiger partial charge in [-0.3, -0.25) is 4.98 Å². The molecule has 2 heteroatoms. The van der Waals surface area contributed by atoms with Gasteiger partial charge in [-0.15, -0.1) is 0 Å². The number of pyridine rings is 1. The Labute approximate surface area is 80.0 Å². The minimum atomic E-state index is 0.446. The highest BCUT2D eigenvalue weighted by Gasteiger charge is 2.09. The van der Waals surface area contributed by atoms with Gasteiger partial charge in [0.2, 0.25) is 0 Å². The molecule has 0 saturated carbocycles. The van der Waals surface area contributed by atoms with E-state index in [1.807, 2.05) is 25.3 Å². The second-order valence-corrected chi connectivity index (χ2v) is 3.02. The van der Waals surface area contributed by atoms with Crippen molar-refractivity contribution in [2.45, 2.75) is 26.2 Å². The van der Waals surface area contributed by atoms with E-state index >= 15 is 0 Å². The number of hydrogen-bond donors (Lipinski definition) is 0. The van der Waals surface area contributed by atoms with E-state index in [9.17, 15) is 0 Å². The van der Waals surface area contributed by atoms with Crippen LogP contribution in [0.4, 0.5) is 0 Å². The van der Waals surface area contributed by atoms with Crippen molar-refractivity contribution in [3.8, 4) is 0 Å². The molecular formula is C11H17NO. The lowest BCUT2D eigenvalue weighted by Gasteiger charge is -2.13. The predicted molar refractivity (Wildman–Crippen MR) is 53.8 cm³/mol. The van der Waals surface area contributed by atoms with Crippen LogP contribution in [-0.2, 0) is 4.74 Å². The topological polar surface area (TPSA) is 22.1 Å². The first-order chi connectivity index (χ1) is 6.38. The normalized spacial score (nSPS) is 12.8. The van der Waals surface area contributed by atoms with Crippen LogP contribution in [0.25, 0.3) is 0 Å². The van der Waals surface area contributed by atoms with Crippen LogP contribution in [-0.4, -0.2) is 18.2 Å². The van der Waals surface area contributed by atoms with Crippen LogP contribution >= 0.6 is 0 Å². The number of hydrogen-bond acceptors (Lipinski definition) is 2. The Bertz CT molecular complexity index is 223. The van der Waals surface area contributed by atoms with Crippen molar-refractivity contribution in [2.24, 2.45) is 0 Å². The van der Waals surface area contributed by atoms with Crippen LogP contribution in [0.5, 0.6) is 0 Å². The monoisotopic (exact) mass is 179 g/mol. The molecule has 0 spiro atoms. The van der Waals surface area contributed by atoms with Gasteiger partial charge >= 0.3 is 0 Å². The quantitative estimate of drug-likeness (QED) is 0.693. The zero-order valence-electron chi connectivity index (χ0n) is 8.36. The molecule has 1 atom stereocenters. The van der Waals surface area contributed by atoms with Gasteiger partial charge in [-0.05, 0) is 25.5 Å². The molecule has 0 N–H and O–H groups in total. The van der Waals surface area contributed by atoms with Crippen molar-refractivity contribution in [1.29, 1.82) is 0 Å². The minimum absolute atomic E-state index is 0.446. The first kappa shape index (κ1) is 10.2.